The van der Waals surface area contributed by atoms with Gasteiger partial charge >= 0.3 is 18.4 Å². The molecule has 2 amide bonds. The molecule has 180 valence electrons. The number of alkyl halides is 6. The van der Waals surface area contributed by atoms with Gasteiger partial charge in [0.15, 0.2) is 5.69 Å². The topological polar surface area (TPSA) is 101 Å². The predicted molar refractivity (Wildman–Crippen MR) is 98.3 cm³/mol. The van der Waals surface area contributed by atoms with Gasteiger partial charge in [-0.05, 0) is 6.92 Å². The highest BCUT2D eigenvalue weighted by Gasteiger charge is 2.39. The Hall–Kier alpha value is -2.43. The van der Waals surface area contributed by atoms with Crippen molar-refractivity contribution in [2.24, 2.45) is 0 Å². The van der Waals surface area contributed by atoms with Gasteiger partial charge in [0.25, 0.3) is 0 Å². The van der Waals surface area contributed by atoms with Crippen LogP contribution in [0.5, 0.6) is 0 Å². The molecule has 0 bridgehead atoms. The number of methoxy groups -OCH3 is 1. The number of allylic oxidation sites excluding steroid dienone is 1. The molecule has 2 aromatic heterocycles. The lowest BCUT2D eigenvalue weighted by Gasteiger charge is -2.24. The number of carbonyl (C=O) groups excluding carboxylic acids is 1. The smallest absolute Gasteiger partial charge is 0.377 e. The Labute approximate surface area is 181 Å². The molecule has 0 fully saturated rings. The molecule has 0 saturated carbocycles. The Kier molecular flexibility index (Phi) is 8.44. The van der Waals surface area contributed by atoms with Crippen molar-refractivity contribution >= 4 is 22.3 Å². The van der Waals surface area contributed by atoms with Crippen molar-refractivity contribution in [3.05, 3.63) is 28.5 Å². The number of halogens is 6. The van der Waals surface area contributed by atoms with E-state index >= 15 is 0 Å². The van der Waals surface area contributed by atoms with Crippen LogP contribution in [-0.2, 0) is 28.8 Å². The maximum Gasteiger partial charge on any atom is 0.435 e. The third-order valence-electron chi connectivity index (χ3n) is 3.71. The van der Waals surface area contributed by atoms with Crippen molar-refractivity contribution in [2.75, 3.05) is 20.3 Å². The number of amides is 2. The van der Waals surface area contributed by atoms with Gasteiger partial charge < -0.3 is 19.5 Å². The van der Waals surface area contributed by atoms with Gasteiger partial charge in [0.05, 0.1) is 18.8 Å². The molecule has 0 aliphatic carbocycles. The standard InChI is InChI=1S/C16H19F6N5O4S/c1-3-31-14(29)24-12(28)26(6-4-5-15(17,18)19)7-9-11(16(20,21)22)23-13-27(9)25-10(32-13)8-30-2/h4-5,14,29H,3,6-8H2,1-2H3,(H,24,28)/b5-4+. The highest BCUT2D eigenvalue weighted by molar-refractivity contribution is 7.16. The van der Waals surface area contributed by atoms with Crippen molar-refractivity contribution < 1.29 is 45.7 Å². The molecule has 0 aromatic carbocycles. The summed E-state index contributed by atoms with van der Waals surface area (Å²) in [6.45, 7) is -0.0770. The number of nitrogens with zero attached hydrogens (tertiary/aromatic N) is 4. The average Bonchev–Trinajstić information content (AvgIpc) is 3.18. The number of nitrogens with one attached hydrogen (secondary N) is 1. The molecule has 9 nitrogen and oxygen atoms in total. The monoisotopic (exact) mass is 491 g/mol. The first-order valence-electron chi connectivity index (χ1n) is 8.88. The number of fused-ring (bicyclic) bond motifs is 1. The highest BCUT2D eigenvalue weighted by Crippen LogP contribution is 2.34. The number of hydrogen-bond acceptors (Lipinski definition) is 7. The van der Waals surface area contributed by atoms with E-state index in [0.29, 0.717) is 16.0 Å². The fourth-order valence-electron chi connectivity index (χ4n) is 2.49. The summed E-state index contributed by atoms with van der Waals surface area (Å²) in [6.07, 6.45) is -11.0. The molecular weight excluding hydrogens is 472 g/mol. The zero-order valence-electron chi connectivity index (χ0n) is 16.7. The SMILES string of the molecule is CCOC(O)NC(=O)N(C/C=C/C(F)(F)F)Cc1c(C(F)(F)F)nc2sc(COC)nn12. The normalized spacial score (nSPS) is 13.8. The average molecular weight is 491 g/mol. The van der Waals surface area contributed by atoms with Crippen LogP contribution in [0.3, 0.4) is 0 Å². The summed E-state index contributed by atoms with van der Waals surface area (Å²) in [5.74, 6) is 0. The number of aliphatic hydroxyl groups excluding tert-OH is 1. The quantitative estimate of drug-likeness (QED) is 0.318. The van der Waals surface area contributed by atoms with Crippen LogP contribution in [-0.4, -0.2) is 63.5 Å². The third-order valence-corrected chi connectivity index (χ3v) is 4.59. The fourth-order valence-corrected chi connectivity index (χ4v) is 3.37. The minimum atomic E-state index is -4.92. The van der Waals surface area contributed by atoms with Gasteiger partial charge in [-0.1, -0.05) is 17.4 Å². The van der Waals surface area contributed by atoms with Crippen molar-refractivity contribution in [1.29, 1.82) is 0 Å². The second kappa shape index (κ2) is 10.5. The Morgan fingerprint density at radius 2 is 2.03 bits per heavy atom. The number of carbonyl (C=O) groups is 1. The molecular formula is C16H19F6N5O4S. The van der Waals surface area contributed by atoms with Gasteiger partial charge in [0.2, 0.25) is 11.4 Å². The van der Waals surface area contributed by atoms with Crippen LogP contribution < -0.4 is 5.32 Å². The molecule has 2 rings (SSSR count). The summed E-state index contributed by atoms with van der Waals surface area (Å²) in [5.41, 5.74) is -1.92. The summed E-state index contributed by atoms with van der Waals surface area (Å²) >= 11 is 0.821. The van der Waals surface area contributed by atoms with Crippen molar-refractivity contribution in [3.63, 3.8) is 0 Å². The van der Waals surface area contributed by atoms with E-state index in [1.54, 1.807) is 0 Å². The van der Waals surface area contributed by atoms with Crippen molar-refractivity contribution in [3.8, 4) is 0 Å². The second-order valence-electron chi connectivity index (χ2n) is 6.11. The highest BCUT2D eigenvalue weighted by atomic mass is 32.1. The largest absolute Gasteiger partial charge is 0.435 e. The molecule has 16 heteroatoms. The maximum absolute atomic E-state index is 13.5. The second-order valence-corrected chi connectivity index (χ2v) is 7.15. The van der Waals surface area contributed by atoms with Crippen LogP contribution >= 0.6 is 11.3 Å². The van der Waals surface area contributed by atoms with Crippen LogP contribution in [0.2, 0.25) is 0 Å². The third kappa shape index (κ3) is 7.04. The Morgan fingerprint density at radius 1 is 1.34 bits per heavy atom. The molecule has 1 atom stereocenters. The Balaban J connectivity index is 2.42. The molecule has 0 aliphatic rings. The lowest BCUT2D eigenvalue weighted by atomic mass is 10.3. The zero-order chi connectivity index (χ0) is 24.1. The van der Waals surface area contributed by atoms with Gasteiger partial charge in [-0.2, -0.15) is 31.4 Å². The number of aromatic nitrogens is 3. The summed E-state index contributed by atoms with van der Waals surface area (Å²) < 4.78 is 88.4. The number of rotatable bonds is 9. The van der Waals surface area contributed by atoms with Gasteiger partial charge in [0.1, 0.15) is 5.01 Å². The molecule has 0 saturated heterocycles. The van der Waals surface area contributed by atoms with E-state index < -0.39 is 49.3 Å². The van der Waals surface area contributed by atoms with Gasteiger partial charge in [0, 0.05) is 26.3 Å². The van der Waals surface area contributed by atoms with Crippen LogP contribution in [0, 0.1) is 0 Å². The molecule has 2 heterocycles. The molecule has 0 spiro atoms. The zero-order valence-corrected chi connectivity index (χ0v) is 17.5. The predicted octanol–water partition coefficient (Wildman–Crippen LogP) is 2.90. The van der Waals surface area contributed by atoms with Gasteiger partial charge in [-0.3, -0.25) is 5.32 Å². The molecule has 0 aliphatic heterocycles. The molecule has 32 heavy (non-hydrogen) atoms. The van der Waals surface area contributed by atoms with E-state index in [9.17, 15) is 36.2 Å². The van der Waals surface area contributed by atoms with Crippen molar-refractivity contribution in [1.82, 2.24) is 24.8 Å². The molecule has 2 aromatic rings. The summed E-state index contributed by atoms with van der Waals surface area (Å²) in [7, 11) is 1.36. The van der Waals surface area contributed by atoms with E-state index in [0.717, 1.165) is 15.9 Å². The number of aliphatic hydroxyl groups is 1. The fraction of sp³-hybridized carbons (Fsp3) is 0.562. The van der Waals surface area contributed by atoms with Crippen molar-refractivity contribution in [2.45, 2.75) is 38.8 Å². The van der Waals surface area contributed by atoms with Crippen LogP contribution in [0.1, 0.15) is 23.3 Å². The van der Waals surface area contributed by atoms with Crippen LogP contribution in [0.15, 0.2) is 12.2 Å². The lowest BCUT2D eigenvalue weighted by Crippen LogP contribution is -2.46. The first kappa shape index (κ1) is 25.8. The van der Waals surface area contributed by atoms with E-state index in [2.05, 4.69) is 10.1 Å². The summed E-state index contributed by atoms with van der Waals surface area (Å²) in [5, 5.41) is 15.8. The molecule has 1 unspecified atom stereocenters. The molecule has 2 N–H and O–H groups in total. The van der Waals surface area contributed by atoms with E-state index in [1.807, 2.05) is 5.32 Å². The number of ether oxygens (including phenoxy) is 2. The first-order chi connectivity index (χ1) is 14.9. The number of hydrogen-bond donors (Lipinski definition) is 2. The van der Waals surface area contributed by atoms with E-state index in [1.165, 1.54) is 14.0 Å². The lowest BCUT2D eigenvalue weighted by molar-refractivity contribution is -0.141. The first-order valence-corrected chi connectivity index (χ1v) is 9.70. The molecule has 0 radical (unpaired) electrons. The minimum Gasteiger partial charge on any atom is -0.377 e. The summed E-state index contributed by atoms with van der Waals surface area (Å²) in [6, 6.07) is -1.17. The summed E-state index contributed by atoms with van der Waals surface area (Å²) in [4.78, 5) is 16.4. The number of imidazole rings is 1. The maximum atomic E-state index is 13.5. The van der Waals surface area contributed by atoms with E-state index in [4.69, 9.17) is 9.47 Å². The Bertz CT molecular complexity index is 942. The minimum absolute atomic E-state index is 0.00606. The van der Waals surface area contributed by atoms with Gasteiger partial charge in [-0.15, -0.1) is 0 Å². The van der Waals surface area contributed by atoms with Crippen LogP contribution in [0.4, 0.5) is 31.1 Å². The van der Waals surface area contributed by atoms with Gasteiger partial charge in [-0.25, -0.2) is 14.3 Å². The number of urea groups is 1. The Morgan fingerprint density at radius 3 is 2.59 bits per heavy atom. The van der Waals surface area contributed by atoms with Crippen LogP contribution in [0.25, 0.3) is 4.96 Å². The van der Waals surface area contributed by atoms with E-state index in [-0.39, 0.29) is 24.3 Å².